The summed E-state index contributed by atoms with van der Waals surface area (Å²) >= 11 is 0. The Morgan fingerprint density at radius 1 is 1.00 bits per heavy atom. The third-order valence-corrected chi connectivity index (χ3v) is 0. The van der Waals surface area contributed by atoms with Gasteiger partial charge in [0.1, 0.15) is 0 Å². The molecule has 0 aromatic heterocycles. The van der Waals surface area contributed by atoms with Crippen LogP contribution in [-0.4, -0.2) is 15.5 Å². The van der Waals surface area contributed by atoms with Crippen molar-refractivity contribution in [2.45, 2.75) is 7.43 Å². The van der Waals surface area contributed by atoms with Gasteiger partial charge >= 0.3 is 0 Å². The normalized spacial score (nSPS) is 1.00. The van der Waals surface area contributed by atoms with Crippen LogP contribution in [0.5, 0.6) is 0 Å². The Hall–Kier alpha value is 0.0899. The lowest BCUT2D eigenvalue weighted by Crippen LogP contribution is -1.38. The fourth-order valence-corrected chi connectivity index (χ4v) is 0. The van der Waals surface area contributed by atoms with E-state index in [0.29, 0.717) is 0 Å². The van der Waals surface area contributed by atoms with E-state index in [1.165, 1.54) is 0 Å². The van der Waals surface area contributed by atoms with Gasteiger partial charge in [0.2, 0.25) is 0 Å². The molecule has 0 aliphatic heterocycles. The van der Waals surface area contributed by atoms with Crippen LogP contribution in [0.1, 0.15) is 7.43 Å². The van der Waals surface area contributed by atoms with Crippen LogP contribution >= 0.6 is 0 Å². The third-order valence-electron chi connectivity index (χ3n) is 0. The molecule has 26 valence electrons. The van der Waals surface area contributed by atoms with Gasteiger partial charge in [0.25, 0.3) is 0 Å². The molecule has 0 amide bonds. The molecule has 0 aliphatic rings. The zero-order valence-electron chi connectivity index (χ0n) is 2.71. The number of rotatable bonds is 0. The maximum Gasteiger partial charge on any atom is 0.0643 e. The van der Waals surface area contributed by atoms with Crippen LogP contribution in [0, 0.1) is 0 Å². The monoisotopic (exact) mass is 59.1 g/mol. The van der Waals surface area contributed by atoms with Gasteiger partial charge in [-0.05, 0) is 0 Å². The Kier molecular flexibility index (Phi) is 13700. The molecule has 0 saturated heterocycles. The quantitative estimate of drug-likeness (QED) is 0.355. The maximum atomic E-state index is 2.00. The Bertz CT molecular complexity index is 6.00. The first kappa shape index (κ1) is 32.9. The fourth-order valence-electron chi connectivity index (χ4n) is 0. The SMILES string of the molecule is BB.C.N. The maximum absolute atomic E-state index is 2.00. The summed E-state index contributed by atoms with van der Waals surface area (Å²) in [6.07, 6.45) is 0. The largest absolute Gasteiger partial charge is 0.344 e. The minimum atomic E-state index is 0. The molecule has 0 unspecified atom stereocenters. The zero-order chi connectivity index (χ0) is 2.00. The predicted molar refractivity (Wildman–Crippen MR) is 28.8 cm³/mol. The molecule has 0 aromatic carbocycles. The van der Waals surface area contributed by atoms with Crippen molar-refractivity contribution >= 4 is 15.5 Å². The van der Waals surface area contributed by atoms with E-state index in [1.54, 1.807) is 0 Å². The molecule has 0 fully saturated rings. The molecular formula is CH11B2N. The molecule has 0 bridgehead atoms. The summed E-state index contributed by atoms with van der Waals surface area (Å²) in [4.78, 5) is 0. The van der Waals surface area contributed by atoms with Gasteiger partial charge in [-0.15, -0.1) is 0 Å². The van der Waals surface area contributed by atoms with Gasteiger partial charge in [0.05, 0.1) is 15.5 Å². The molecule has 4 heavy (non-hydrogen) atoms. The molecular weight excluding hydrogens is 47.6 g/mol. The topological polar surface area (TPSA) is 35.0 Å². The standard InChI is InChI=1S/CH4.B2H4.H3N/c;1-2;/h1H4;1-2H2;1H3. The molecule has 0 aromatic rings. The van der Waals surface area contributed by atoms with Gasteiger partial charge in [0.15, 0.2) is 0 Å². The molecule has 0 heterocycles. The van der Waals surface area contributed by atoms with E-state index in [1.807, 2.05) is 15.5 Å². The lowest BCUT2D eigenvalue weighted by molar-refractivity contribution is 2.13. The van der Waals surface area contributed by atoms with Crippen LogP contribution in [0.25, 0.3) is 0 Å². The highest BCUT2D eigenvalue weighted by Crippen LogP contribution is 0.619. The molecule has 3 N–H and O–H groups in total. The summed E-state index contributed by atoms with van der Waals surface area (Å²) in [6, 6.07) is 0. The molecule has 1 nitrogen and oxygen atoms in total. The predicted octanol–water partition coefficient (Wildman–Crippen LogP) is -1.03. The van der Waals surface area contributed by atoms with Crippen LogP contribution in [-0.2, 0) is 0 Å². The fraction of sp³-hybridized carbons (Fsp3) is 1.00. The van der Waals surface area contributed by atoms with Crippen molar-refractivity contribution in [2.75, 3.05) is 0 Å². The summed E-state index contributed by atoms with van der Waals surface area (Å²) in [5, 5.41) is 0. The second kappa shape index (κ2) is 1670. The number of hydrogen-bond acceptors (Lipinski definition) is 1. The van der Waals surface area contributed by atoms with Crippen molar-refractivity contribution in [1.82, 2.24) is 6.15 Å². The summed E-state index contributed by atoms with van der Waals surface area (Å²) < 4.78 is 0. The Labute approximate surface area is 30.2 Å². The minimum absolute atomic E-state index is 0. The van der Waals surface area contributed by atoms with E-state index in [2.05, 4.69) is 0 Å². The molecule has 0 saturated carbocycles. The van der Waals surface area contributed by atoms with E-state index in [9.17, 15) is 0 Å². The summed E-state index contributed by atoms with van der Waals surface area (Å²) in [7, 11) is 4.00. The summed E-state index contributed by atoms with van der Waals surface area (Å²) in [5.74, 6) is 0. The van der Waals surface area contributed by atoms with E-state index >= 15 is 0 Å². The van der Waals surface area contributed by atoms with Crippen molar-refractivity contribution in [3.05, 3.63) is 0 Å². The van der Waals surface area contributed by atoms with Gasteiger partial charge in [0, 0.05) is 0 Å². The van der Waals surface area contributed by atoms with Crippen molar-refractivity contribution in [3.8, 4) is 0 Å². The Balaban J connectivity index is -0.00000000500. The highest BCUT2D eigenvalue weighted by Gasteiger charge is 1.06. The first-order chi connectivity index (χ1) is 1.00. The van der Waals surface area contributed by atoms with Gasteiger partial charge in [-0.25, -0.2) is 0 Å². The summed E-state index contributed by atoms with van der Waals surface area (Å²) in [6.45, 7) is 0. The lowest BCUT2D eigenvalue weighted by Gasteiger charge is -0.936. The van der Waals surface area contributed by atoms with Gasteiger partial charge in [-0.3, -0.25) is 0 Å². The lowest BCUT2D eigenvalue weighted by atomic mass is 9.81. The molecule has 0 rings (SSSR count). The minimum Gasteiger partial charge on any atom is -0.344 e. The van der Waals surface area contributed by atoms with E-state index < -0.39 is 0 Å². The Morgan fingerprint density at radius 3 is 1.00 bits per heavy atom. The molecule has 0 atom stereocenters. The molecule has 3 heteroatoms. The van der Waals surface area contributed by atoms with Crippen LogP contribution in [0.15, 0.2) is 0 Å². The molecule has 0 spiro atoms. The van der Waals surface area contributed by atoms with Crippen molar-refractivity contribution in [3.63, 3.8) is 0 Å². The van der Waals surface area contributed by atoms with Gasteiger partial charge < -0.3 is 6.15 Å². The average Bonchev–Trinajstić information content (AvgIpc) is 1.00. The van der Waals surface area contributed by atoms with Gasteiger partial charge in [-0.2, -0.15) is 0 Å². The second-order valence-electron chi connectivity index (χ2n) is 0. The van der Waals surface area contributed by atoms with Crippen LogP contribution < -0.4 is 6.15 Å². The third kappa shape index (κ3) is 307. The second-order valence-corrected chi connectivity index (χ2v) is 0. The van der Waals surface area contributed by atoms with Crippen molar-refractivity contribution < 1.29 is 0 Å². The van der Waals surface area contributed by atoms with E-state index in [0.717, 1.165) is 0 Å². The smallest absolute Gasteiger partial charge is 0.0643 e. The molecule has 0 aliphatic carbocycles. The zero-order valence-corrected chi connectivity index (χ0v) is 2.71. The van der Waals surface area contributed by atoms with Crippen molar-refractivity contribution in [2.24, 2.45) is 0 Å². The van der Waals surface area contributed by atoms with E-state index in [4.69, 9.17) is 0 Å². The summed E-state index contributed by atoms with van der Waals surface area (Å²) in [5.41, 5.74) is 0. The average molecular weight is 58.7 g/mol. The van der Waals surface area contributed by atoms with Crippen molar-refractivity contribution in [1.29, 1.82) is 0 Å². The Morgan fingerprint density at radius 2 is 1.00 bits per heavy atom. The highest BCUT2D eigenvalue weighted by molar-refractivity contribution is 6.75. The van der Waals surface area contributed by atoms with Crippen LogP contribution in [0.3, 0.4) is 0 Å². The molecule has 0 radical (unpaired) electrons. The number of hydrogen-bond donors (Lipinski definition) is 1. The van der Waals surface area contributed by atoms with Crippen LogP contribution in [0.4, 0.5) is 0 Å². The highest BCUT2D eigenvalue weighted by atomic mass is 14.0. The first-order valence-corrected chi connectivity index (χ1v) is 1.00. The van der Waals surface area contributed by atoms with Crippen LogP contribution in [0.2, 0.25) is 0 Å². The van der Waals surface area contributed by atoms with E-state index in [-0.39, 0.29) is 13.6 Å². The first-order valence-electron chi connectivity index (χ1n) is 1.00. The van der Waals surface area contributed by atoms with Gasteiger partial charge in [-0.1, -0.05) is 7.43 Å².